The van der Waals surface area contributed by atoms with E-state index in [1.807, 2.05) is 13.0 Å². The number of fused-ring (bicyclic) bond motifs is 1. The molecule has 1 fully saturated rings. The molecule has 1 aromatic heterocycles. The Kier molecular flexibility index (Phi) is 4.68. The summed E-state index contributed by atoms with van der Waals surface area (Å²) < 4.78 is 6.71. The van der Waals surface area contributed by atoms with Crippen LogP contribution in [0.3, 0.4) is 0 Å². The molecule has 1 aliphatic rings. The molecule has 2 aromatic rings. The van der Waals surface area contributed by atoms with E-state index in [4.69, 9.17) is 9.84 Å². The zero-order valence-electron chi connectivity index (χ0n) is 12.8. The van der Waals surface area contributed by atoms with E-state index < -0.39 is 0 Å². The van der Waals surface area contributed by atoms with Crippen LogP contribution >= 0.6 is 11.8 Å². The lowest BCUT2D eigenvalue weighted by atomic mass is 10.2. The maximum Gasteiger partial charge on any atom is 0.319 e. The predicted molar refractivity (Wildman–Crippen MR) is 87.5 cm³/mol. The van der Waals surface area contributed by atoms with Crippen molar-refractivity contribution in [1.29, 1.82) is 0 Å². The number of aliphatic hydroxyl groups is 1. The largest absolute Gasteiger partial charge is 0.462 e. The van der Waals surface area contributed by atoms with E-state index in [0.29, 0.717) is 35.4 Å². The van der Waals surface area contributed by atoms with E-state index in [1.54, 1.807) is 22.8 Å². The number of hydrogen-bond donors (Lipinski definition) is 1. The van der Waals surface area contributed by atoms with Gasteiger partial charge in [-0.15, -0.1) is 0 Å². The number of carbonyl (C=O) groups excluding carboxylic acids is 1. The van der Waals surface area contributed by atoms with Crippen LogP contribution in [0.15, 0.2) is 34.2 Å². The van der Waals surface area contributed by atoms with Crippen molar-refractivity contribution in [3.05, 3.63) is 34.6 Å². The molecule has 6 nitrogen and oxygen atoms in total. The number of para-hydroxylation sites is 1. The first-order valence-corrected chi connectivity index (χ1v) is 8.45. The number of cyclic esters (lactones) is 1. The van der Waals surface area contributed by atoms with Crippen LogP contribution < -0.4 is 5.56 Å². The molecule has 23 heavy (non-hydrogen) atoms. The first-order chi connectivity index (χ1) is 11.1. The topological polar surface area (TPSA) is 81.4 Å². The van der Waals surface area contributed by atoms with Gasteiger partial charge in [0.25, 0.3) is 5.56 Å². The smallest absolute Gasteiger partial charge is 0.319 e. The summed E-state index contributed by atoms with van der Waals surface area (Å²) in [6.45, 7) is 2.21. The number of benzene rings is 1. The minimum atomic E-state index is -0.349. The predicted octanol–water partition coefficient (Wildman–Crippen LogP) is 1.57. The van der Waals surface area contributed by atoms with Gasteiger partial charge >= 0.3 is 5.97 Å². The molecule has 1 N–H and O–H groups in total. The van der Waals surface area contributed by atoms with Crippen molar-refractivity contribution in [2.24, 2.45) is 0 Å². The van der Waals surface area contributed by atoms with E-state index >= 15 is 0 Å². The van der Waals surface area contributed by atoms with E-state index in [-0.39, 0.29) is 29.5 Å². The molecule has 3 rings (SSSR count). The van der Waals surface area contributed by atoms with Crippen LogP contribution in [-0.2, 0) is 16.1 Å². The number of carbonyl (C=O) groups is 1. The van der Waals surface area contributed by atoms with E-state index in [0.717, 1.165) is 0 Å². The van der Waals surface area contributed by atoms with E-state index in [2.05, 4.69) is 4.98 Å². The van der Waals surface area contributed by atoms with Gasteiger partial charge in [0.2, 0.25) is 0 Å². The van der Waals surface area contributed by atoms with Gasteiger partial charge in [-0.3, -0.25) is 14.2 Å². The van der Waals surface area contributed by atoms with Gasteiger partial charge in [0.1, 0.15) is 11.4 Å². The molecular formula is C16H18N2O4S. The van der Waals surface area contributed by atoms with Crippen LogP contribution in [0.5, 0.6) is 0 Å². The van der Waals surface area contributed by atoms with E-state index in [1.165, 1.54) is 11.8 Å². The molecule has 1 saturated heterocycles. The molecule has 7 heteroatoms. The van der Waals surface area contributed by atoms with Crippen LogP contribution in [0.1, 0.15) is 19.8 Å². The fraction of sp³-hybridized carbons (Fsp3) is 0.438. The highest BCUT2D eigenvalue weighted by Crippen LogP contribution is 2.31. The lowest BCUT2D eigenvalue weighted by Crippen LogP contribution is -2.25. The highest BCUT2D eigenvalue weighted by molar-refractivity contribution is 8.00. The number of aromatic nitrogens is 2. The van der Waals surface area contributed by atoms with Gasteiger partial charge in [-0.1, -0.05) is 23.9 Å². The second kappa shape index (κ2) is 6.72. The van der Waals surface area contributed by atoms with Gasteiger partial charge < -0.3 is 9.84 Å². The lowest BCUT2D eigenvalue weighted by molar-refractivity contribution is -0.140. The van der Waals surface area contributed by atoms with Gasteiger partial charge in [0.05, 0.1) is 10.9 Å². The van der Waals surface area contributed by atoms with Crippen molar-refractivity contribution in [2.45, 2.75) is 42.8 Å². The van der Waals surface area contributed by atoms with Gasteiger partial charge in [-0.25, -0.2) is 4.98 Å². The van der Waals surface area contributed by atoms with Crippen molar-refractivity contribution in [3.8, 4) is 0 Å². The minimum Gasteiger partial charge on any atom is -0.462 e. The number of hydrogen-bond acceptors (Lipinski definition) is 6. The van der Waals surface area contributed by atoms with Gasteiger partial charge in [0, 0.05) is 19.6 Å². The molecule has 0 spiro atoms. The van der Waals surface area contributed by atoms with Crippen LogP contribution in [0.25, 0.3) is 10.9 Å². The second-order valence-electron chi connectivity index (χ2n) is 5.54. The lowest BCUT2D eigenvalue weighted by Gasteiger charge is -2.14. The zero-order valence-corrected chi connectivity index (χ0v) is 13.6. The summed E-state index contributed by atoms with van der Waals surface area (Å²) in [6, 6.07) is 7.14. The normalized spacial score (nSPS) is 20.9. The van der Waals surface area contributed by atoms with Crippen molar-refractivity contribution in [2.75, 3.05) is 6.61 Å². The molecule has 122 valence electrons. The average molecular weight is 334 g/mol. The van der Waals surface area contributed by atoms with Crippen molar-refractivity contribution in [3.63, 3.8) is 0 Å². The first-order valence-electron chi connectivity index (χ1n) is 7.57. The van der Waals surface area contributed by atoms with Crippen molar-refractivity contribution >= 4 is 28.6 Å². The third-order valence-electron chi connectivity index (χ3n) is 3.74. The minimum absolute atomic E-state index is 0.00806. The molecule has 1 aliphatic heterocycles. The Labute approximate surface area is 137 Å². The van der Waals surface area contributed by atoms with Gasteiger partial charge in [-0.05, 0) is 25.5 Å². The molecule has 0 bridgehead atoms. The SMILES string of the molecule is CC1CC(Sc2nc3ccccc3c(=O)n2CCCO)C(=O)O1. The second-order valence-corrected chi connectivity index (χ2v) is 6.71. The summed E-state index contributed by atoms with van der Waals surface area (Å²) in [7, 11) is 0. The van der Waals surface area contributed by atoms with Crippen molar-refractivity contribution < 1.29 is 14.6 Å². The first kappa shape index (κ1) is 16.0. The van der Waals surface area contributed by atoms with Gasteiger partial charge in [0.15, 0.2) is 5.16 Å². The molecule has 0 amide bonds. The van der Waals surface area contributed by atoms with Crippen molar-refractivity contribution in [1.82, 2.24) is 9.55 Å². The quantitative estimate of drug-likeness (QED) is 0.660. The average Bonchev–Trinajstić information content (AvgIpc) is 2.85. The number of ether oxygens (including phenoxy) is 1. The molecule has 2 heterocycles. The Morgan fingerprint density at radius 2 is 2.17 bits per heavy atom. The Hall–Kier alpha value is -1.86. The standard InChI is InChI=1S/C16H18N2O4S/c1-10-9-13(15(21)22-10)23-16-17-12-6-3-2-5-11(12)14(20)18(16)7-4-8-19/h2-3,5-6,10,13,19H,4,7-9H2,1H3. The number of esters is 1. The fourth-order valence-electron chi connectivity index (χ4n) is 2.61. The highest BCUT2D eigenvalue weighted by Gasteiger charge is 2.34. The maximum atomic E-state index is 12.7. The third-order valence-corrected chi connectivity index (χ3v) is 4.93. The monoisotopic (exact) mass is 334 g/mol. The van der Waals surface area contributed by atoms with E-state index in [9.17, 15) is 9.59 Å². The number of rotatable bonds is 5. The summed E-state index contributed by atoms with van der Waals surface area (Å²) in [5.74, 6) is -0.265. The highest BCUT2D eigenvalue weighted by atomic mass is 32.2. The van der Waals surface area contributed by atoms with Crippen LogP contribution in [-0.4, -0.2) is 38.6 Å². The summed E-state index contributed by atoms with van der Waals surface area (Å²) in [4.78, 5) is 29.1. The number of aliphatic hydroxyl groups excluding tert-OH is 1. The Balaban J connectivity index is 2.03. The molecule has 1 aromatic carbocycles. The van der Waals surface area contributed by atoms with Crippen LogP contribution in [0, 0.1) is 0 Å². The zero-order chi connectivity index (χ0) is 16.4. The van der Waals surface area contributed by atoms with Crippen LogP contribution in [0.2, 0.25) is 0 Å². The molecule has 2 atom stereocenters. The molecule has 2 unspecified atom stereocenters. The summed E-state index contributed by atoms with van der Waals surface area (Å²) >= 11 is 1.26. The Bertz CT molecular complexity index is 789. The summed E-state index contributed by atoms with van der Waals surface area (Å²) in [5.41, 5.74) is 0.464. The molecule has 0 saturated carbocycles. The van der Waals surface area contributed by atoms with Crippen LogP contribution in [0.4, 0.5) is 0 Å². The molecule has 0 aliphatic carbocycles. The number of thioether (sulfide) groups is 1. The van der Waals surface area contributed by atoms with Gasteiger partial charge in [-0.2, -0.15) is 0 Å². The Morgan fingerprint density at radius 1 is 1.39 bits per heavy atom. The Morgan fingerprint density at radius 3 is 2.87 bits per heavy atom. The molecular weight excluding hydrogens is 316 g/mol. The summed E-state index contributed by atoms with van der Waals surface area (Å²) in [5, 5.41) is 9.76. The third kappa shape index (κ3) is 3.25. The molecule has 0 radical (unpaired) electrons. The maximum absolute atomic E-state index is 12.7. The summed E-state index contributed by atoms with van der Waals surface area (Å²) in [6.07, 6.45) is 0.948. The number of nitrogens with zero attached hydrogens (tertiary/aromatic N) is 2. The fourth-order valence-corrected chi connectivity index (χ4v) is 3.83.